The number of aromatic nitrogens is 1. The molecule has 3 N–H and O–H groups in total. The summed E-state index contributed by atoms with van der Waals surface area (Å²) in [6.45, 7) is 0.0646. The van der Waals surface area contributed by atoms with Crippen LogP contribution in [0.2, 0.25) is 0 Å². The van der Waals surface area contributed by atoms with Gasteiger partial charge in [-0.3, -0.25) is 4.99 Å². The van der Waals surface area contributed by atoms with Crippen molar-refractivity contribution in [3.05, 3.63) is 65.4 Å². The minimum absolute atomic E-state index is 0. The number of ether oxygens (including phenoxy) is 1. The van der Waals surface area contributed by atoms with Crippen LogP contribution < -0.4 is 15.4 Å². The SMILES string of the molecule is CN=C(NCCc1cc2ccccc2[nH]1)NCc1cc(C)ccc1OC(F)F.I. The third-order valence-electron chi connectivity index (χ3n) is 4.37. The monoisotopic (exact) mass is 514 g/mol. The quantitative estimate of drug-likeness (QED) is 0.245. The Labute approximate surface area is 186 Å². The van der Waals surface area contributed by atoms with Crippen molar-refractivity contribution in [3.8, 4) is 5.75 Å². The van der Waals surface area contributed by atoms with Crippen molar-refractivity contribution in [1.29, 1.82) is 0 Å². The van der Waals surface area contributed by atoms with Crippen LogP contribution >= 0.6 is 24.0 Å². The van der Waals surface area contributed by atoms with Gasteiger partial charge in [-0.25, -0.2) is 0 Å². The topological polar surface area (TPSA) is 61.4 Å². The number of guanidine groups is 1. The van der Waals surface area contributed by atoms with E-state index in [1.165, 1.54) is 5.39 Å². The van der Waals surface area contributed by atoms with Crippen LogP contribution in [0.1, 0.15) is 16.8 Å². The largest absolute Gasteiger partial charge is 0.434 e. The van der Waals surface area contributed by atoms with Crippen LogP contribution in [-0.2, 0) is 13.0 Å². The number of nitrogens with zero attached hydrogens (tertiary/aromatic N) is 1. The number of benzene rings is 2. The second kappa shape index (κ2) is 11.0. The predicted octanol–water partition coefficient (Wildman–Crippen LogP) is 4.60. The zero-order chi connectivity index (χ0) is 19.9. The minimum atomic E-state index is -2.85. The van der Waals surface area contributed by atoms with E-state index in [0.29, 0.717) is 24.6 Å². The Morgan fingerprint density at radius 1 is 1.14 bits per heavy atom. The molecule has 3 rings (SSSR count). The van der Waals surface area contributed by atoms with Gasteiger partial charge in [0.1, 0.15) is 5.75 Å². The van der Waals surface area contributed by atoms with Crippen molar-refractivity contribution < 1.29 is 13.5 Å². The van der Waals surface area contributed by atoms with Crippen molar-refractivity contribution in [3.63, 3.8) is 0 Å². The smallest absolute Gasteiger partial charge is 0.387 e. The number of para-hydroxylation sites is 1. The third kappa shape index (κ3) is 6.59. The van der Waals surface area contributed by atoms with Gasteiger partial charge < -0.3 is 20.4 Å². The molecule has 2 aromatic carbocycles. The van der Waals surface area contributed by atoms with Gasteiger partial charge in [0.25, 0.3) is 0 Å². The summed E-state index contributed by atoms with van der Waals surface area (Å²) in [4.78, 5) is 7.57. The summed E-state index contributed by atoms with van der Waals surface area (Å²) in [6, 6.07) is 15.4. The first kappa shape index (κ1) is 22.9. The van der Waals surface area contributed by atoms with Gasteiger partial charge in [-0.15, -0.1) is 24.0 Å². The Balaban J connectivity index is 0.00000300. The second-order valence-electron chi connectivity index (χ2n) is 6.47. The number of aromatic amines is 1. The molecular weight excluding hydrogens is 489 g/mol. The van der Waals surface area contributed by atoms with Crippen molar-refractivity contribution >= 4 is 40.8 Å². The maximum absolute atomic E-state index is 12.6. The normalized spacial score (nSPS) is 11.4. The molecule has 0 amide bonds. The predicted molar refractivity (Wildman–Crippen MR) is 123 cm³/mol. The zero-order valence-electron chi connectivity index (χ0n) is 16.3. The number of nitrogens with one attached hydrogen (secondary N) is 3. The first-order valence-electron chi connectivity index (χ1n) is 9.10. The van der Waals surface area contributed by atoms with Crippen molar-refractivity contribution in [2.75, 3.05) is 13.6 Å². The molecule has 0 bridgehead atoms. The average molecular weight is 514 g/mol. The molecule has 29 heavy (non-hydrogen) atoms. The number of hydrogen-bond acceptors (Lipinski definition) is 2. The summed E-state index contributed by atoms with van der Waals surface area (Å²) in [7, 11) is 1.67. The molecular formula is C21H25F2IN4O. The van der Waals surface area contributed by atoms with Crippen LogP contribution in [0.25, 0.3) is 10.9 Å². The molecule has 0 unspecified atom stereocenters. The number of aliphatic imine (C=N–C) groups is 1. The molecule has 0 atom stereocenters. The molecule has 0 aliphatic heterocycles. The first-order valence-corrected chi connectivity index (χ1v) is 9.10. The van der Waals surface area contributed by atoms with Gasteiger partial charge in [-0.1, -0.05) is 35.9 Å². The number of hydrogen-bond donors (Lipinski definition) is 3. The van der Waals surface area contributed by atoms with Crippen molar-refractivity contribution in [2.45, 2.75) is 26.5 Å². The summed E-state index contributed by atoms with van der Waals surface area (Å²) < 4.78 is 29.8. The summed E-state index contributed by atoms with van der Waals surface area (Å²) >= 11 is 0. The number of H-pyrrole nitrogens is 1. The van der Waals surface area contributed by atoms with Crippen molar-refractivity contribution in [1.82, 2.24) is 15.6 Å². The molecule has 1 heterocycles. The van der Waals surface area contributed by atoms with Gasteiger partial charge in [-0.2, -0.15) is 8.78 Å². The Kier molecular flexibility index (Phi) is 8.69. The molecule has 0 saturated carbocycles. The maximum Gasteiger partial charge on any atom is 0.387 e. The van der Waals surface area contributed by atoms with Crippen molar-refractivity contribution in [2.24, 2.45) is 4.99 Å². The van der Waals surface area contributed by atoms with E-state index in [-0.39, 0.29) is 29.7 Å². The summed E-state index contributed by atoms with van der Waals surface area (Å²) in [5.74, 6) is 0.766. The number of fused-ring (bicyclic) bond motifs is 1. The minimum Gasteiger partial charge on any atom is -0.434 e. The van der Waals surface area contributed by atoms with E-state index in [0.717, 1.165) is 23.2 Å². The fourth-order valence-electron chi connectivity index (χ4n) is 3.04. The van der Waals surface area contributed by atoms with Crippen LogP contribution in [0.4, 0.5) is 8.78 Å². The molecule has 0 aliphatic carbocycles. The standard InChI is InChI=1S/C21H24F2N4O.HI/c1-14-7-8-19(28-20(22)23)16(11-14)13-26-21(24-2)25-10-9-17-12-15-5-3-4-6-18(15)27-17;/h3-8,11-12,20,27H,9-10,13H2,1-2H3,(H2,24,25,26);1H. The Morgan fingerprint density at radius 3 is 2.66 bits per heavy atom. The lowest BCUT2D eigenvalue weighted by Gasteiger charge is -2.15. The lowest BCUT2D eigenvalue weighted by molar-refractivity contribution is -0.0504. The molecule has 0 saturated heterocycles. The second-order valence-corrected chi connectivity index (χ2v) is 6.47. The Hall–Kier alpha value is -2.36. The van der Waals surface area contributed by atoms with Crippen LogP contribution in [0.5, 0.6) is 5.75 Å². The molecule has 8 heteroatoms. The van der Waals surface area contributed by atoms with Crippen LogP contribution in [0.3, 0.4) is 0 Å². The summed E-state index contributed by atoms with van der Waals surface area (Å²) in [6.07, 6.45) is 0.805. The van der Waals surface area contributed by atoms with Gasteiger partial charge in [0.05, 0.1) is 0 Å². The van der Waals surface area contributed by atoms with Gasteiger partial charge in [0.15, 0.2) is 5.96 Å². The summed E-state index contributed by atoms with van der Waals surface area (Å²) in [5.41, 5.74) is 3.88. The van der Waals surface area contributed by atoms with Crippen LogP contribution in [0, 0.1) is 6.92 Å². The molecule has 1 aromatic heterocycles. The van der Waals surface area contributed by atoms with Gasteiger partial charge in [-0.05, 0) is 30.5 Å². The molecule has 156 valence electrons. The number of alkyl halides is 2. The molecule has 0 aliphatic rings. The highest BCUT2D eigenvalue weighted by Gasteiger charge is 2.10. The van der Waals surface area contributed by atoms with E-state index in [1.807, 2.05) is 31.2 Å². The number of rotatable bonds is 7. The number of aryl methyl sites for hydroxylation is 1. The fourth-order valence-corrected chi connectivity index (χ4v) is 3.04. The van der Waals surface area contributed by atoms with Crippen LogP contribution in [-0.4, -0.2) is 31.1 Å². The van der Waals surface area contributed by atoms with Gasteiger partial charge in [0.2, 0.25) is 0 Å². The maximum atomic E-state index is 12.6. The highest BCUT2D eigenvalue weighted by Crippen LogP contribution is 2.22. The van der Waals surface area contributed by atoms with E-state index in [9.17, 15) is 8.78 Å². The van der Waals surface area contributed by atoms with Crippen LogP contribution in [0.15, 0.2) is 53.5 Å². The molecule has 5 nitrogen and oxygen atoms in total. The highest BCUT2D eigenvalue weighted by atomic mass is 127. The number of halogens is 3. The molecule has 0 fully saturated rings. The van der Waals surface area contributed by atoms with E-state index >= 15 is 0 Å². The lowest BCUT2D eigenvalue weighted by Crippen LogP contribution is -2.38. The Morgan fingerprint density at radius 2 is 1.93 bits per heavy atom. The lowest BCUT2D eigenvalue weighted by atomic mass is 10.1. The average Bonchev–Trinajstić information content (AvgIpc) is 3.08. The van der Waals surface area contributed by atoms with Gasteiger partial charge >= 0.3 is 6.61 Å². The van der Waals surface area contributed by atoms with E-state index in [4.69, 9.17) is 0 Å². The fraction of sp³-hybridized carbons (Fsp3) is 0.286. The molecule has 0 spiro atoms. The first-order chi connectivity index (χ1) is 13.5. The zero-order valence-corrected chi connectivity index (χ0v) is 18.7. The molecule has 3 aromatic rings. The van der Waals surface area contributed by atoms with E-state index in [1.54, 1.807) is 19.2 Å². The molecule has 0 radical (unpaired) electrons. The van der Waals surface area contributed by atoms with E-state index < -0.39 is 6.61 Å². The highest BCUT2D eigenvalue weighted by molar-refractivity contribution is 14.0. The summed E-state index contributed by atoms with van der Waals surface area (Å²) in [5, 5.41) is 7.57. The third-order valence-corrected chi connectivity index (χ3v) is 4.37. The van der Waals surface area contributed by atoms with Gasteiger partial charge in [0, 0.05) is 43.3 Å². The van der Waals surface area contributed by atoms with E-state index in [2.05, 4.69) is 37.5 Å². The Bertz CT molecular complexity index is 926.